The third-order valence-electron chi connectivity index (χ3n) is 4.12. The number of hydrogen-bond acceptors (Lipinski definition) is 5. The Morgan fingerprint density at radius 1 is 1.43 bits per heavy atom. The molecule has 1 fully saturated rings. The van der Waals surface area contributed by atoms with Gasteiger partial charge in [-0.05, 0) is 25.0 Å². The van der Waals surface area contributed by atoms with Gasteiger partial charge in [0.2, 0.25) is 11.8 Å². The summed E-state index contributed by atoms with van der Waals surface area (Å²) < 4.78 is 0. The molecule has 1 saturated heterocycles. The lowest BCUT2D eigenvalue weighted by molar-refractivity contribution is -0.141. The molecule has 0 radical (unpaired) electrons. The second-order valence-electron chi connectivity index (χ2n) is 5.42. The number of anilines is 1. The average Bonchev–Trinajstić information content (AvgIpc) is 2.78. The Labute approximate surface area is 123 Å². The summed E-state index contributed by atoms with van der Waals surface area (Å²) in [5.74, 6) is -0.557. The van der Waals surface area contributed by atoms with E-state index in [1.807, 2.05) is 25.1 Å². The van der Waals surface area contributed by atoms with Gasteiger partial charge in [0, 0.05) is 30.8 Å². The molecular weight excluding hydrogens is 270 g/mol. The highest BCUT2D eigenvalue weighted by Crippen LogP contribution is 2.38. The van der Waals surface area contributed by atoms with Crippen molar-refractivity contribution < 1.29 is 14.7 Å². The molecule has 2 aliphatic heterocycles. The lowest BCUT2D eigenvalue weighted by Gasteiger charge is -2.31. The van der Waals surface area contributed by atoms with Crippen LogP contribution in [0.1, 0.15) is 37.1 Å². The number of piperidine rings is 1. The van der Waals surface area contributed by atoms with Crippen LogP contribution in [0.5, 0.6) is 0 Å². The highest BCUT2D eigenvalue weighted by atomic mass is 16.3. The summed E-state index contributed by atoms with van der Waals surface area (Å²) in [6.07, 6.45) is -0.0370. The molecule has 3 N–H and O–H groups in total. The lowest BCUT2D eigenvalue weighted by atomic mass is 10.0. The van der Waals surface area contributed by atoms with E-state index >= 15 is 0 Å². The first-order valence-corrected chi connectivity index (χ1v) is 7.25. The Kier molecular flexibility index (Phi) is 3.65. The minimum Gasteiger partial charge on any atom is -0.385 e. The van der Waals surface area contributed by atoms with E-state index in [-0.39, 0.29) is 11.8 Å². The Hall–Kier alpha value is -1.92. The maximum atomic E-state index is 12.0. The fourth-order valence-corrected chi connectivity index (χ4v) is 3.11. The lowest BCUT2D eigenvalue weighted by Crippen LogP contribution is -2.51. The van der Waals surface area contributed by atoms with Gasteiger partial charge in [0.1, 0.15) is 6.23 Å². The van der Waals surface area contributed by atoms with Crippen LogP contribution in [-0.4, -0.2) is 34.4 Å². The van der Waals surface area contributed by atoms with Crippen molar-refractivity contribution in [1.82, 2.24) is 10.2 Å². The standard InChI is InChI=1S/C15H19N3O3/c1-2-16-11-5-3-4-9-10(11)8-18(15(9)21)12-6-7-13(19)17-14(12)20/h3-5,12,15-16,21H,2,6-8H2,1H3,(H,17,19,20). The molecule has 112 valence electrons. The molecule has 0 spiro atoms. The van der Waals surface area contributed by atoms with E-state index in [4.69, 9.17) is 0 Å². The number of benzene rings is 1. The van der Waals surface area contributed by atoms with Crippen LogP contribution in [0.3, 0.4) is 0 Å². The number of fused-ring (bicyclic) bond motifs is 1. The van der Waals surface area contributed by atoms with E-state index < -0.39 is 12.3 Å². The predicted molar refractivity (Wildman–Crippen MR) is 77.3 cm³/mol. The molecule has 2 unspecified atom stereocenters. The summed E-state index contributed by atoms with van der Waals surface area (Å²) in [5.41, 5.74) is 2.85. The Morgan fingerprint density at radius 2 is 2.24 bits per heavy atom. The monoisotopic (exact) mass is 289 g/mol. The molecule has 2 amide bonds. The highest BCUT2D eigenvalue weighted by Gasteiger charge is 2.40. The highest BCUT2D eigenvalue weighted by molar-refractivity contribution is 6.00. The van der Waals surface area contributed by atoms with Crippen molar-refractivity contribution >= 4 is 17.5 Å². The third kappa shape index (κ3) is 2.41. The molecular formula is C15H19N3O3. The molecule has 6 nitrogen and oxygen atoms in total. The third-order valence-corrected chi connectivity index (χ3v) is 4.12. The van der Waals surface area contributed by atoms with Crippen LogP contribution < -0.4 is 10.6 Å². The van der Waals surface area contributed by atoms with Gasteiger partial charge in [-0.15, -0.1) is 0 Å². The van der Waals surface area contributed by atoms with E-state index in [2.05, 4.69) is 10.6 Å². The molecule has 0 saturated carbocycles. The molecule has 0 aliphatic carbocycles. The minimum absolute atomic E-state index is 0.240. The van der Waals surface area contributed by atoms with Crippen LogP contribution >= 0.6 is 0 Å². The van der Waals surface area contributed by atoms with Crippen molar-refractivity contribution in [3.8, 4) is 0 Å². The number of nitrogens with zero attached hydrogens (tertiary/aromatic N) is 1. The van der Waals surface area contributed by atoms with Gasteiger partial charge < -0.3 is 10.4 Å². The van der Waals surface area contributed by atoms with Crippen LogP contribution in [-0.2, 0) is 16.1 Å². The molecule has 0 aromatic heterocycles. The van der Waals surface area contributed by atoms with Gasteiger partial charge in [-0.1, -0.05) is 12.1 Å². The van der Waals surface area contributed by atoms with Gasteiger partial charge >= 0.3 is 0 Å². The zero-order valence-corrected chi connectivity index (χ0v) is 11.9. The van der Waals surface area contributed by atoms with E-state index in [1.54, 1.807) is 4.90 Å². The fourth-order valence-electron chi connectivity index (χ4n) is 3.11. The van der Waals surface area contributed by atoms with Gasteiger partial charge in [-0.3, -0.25) is 19.8 Å². The van der Waals surface area contributed by atoms with Crippen molar-refractivity contribution in [1.29, 1.82) is 0 Å². The number of imide groups is 1. The summed E-state index contributed by atoms with van der Waals surface area (Å²) in [5, 5.41) is 16.1. The van der Waals surface area contributed by atoms with Gasteiger partial charge in [0.15, 0.2) is 0 Å². The first-order valence-electron chi connectivity index (χ1n) is 7.25. The molecule has 2 aliphatic rings. The largest absolute Gasteiger partial charge is 0.385 e. The number of rotatable bonds is 3. The normalized spacial score (nSPS) is 25.6. The first-order chi connectivity index (χ1) is 10.1. The number of amides is 2. The number of hydrogen-bond donors (Lipinski definition) is 3. The molecule has 1 aromatic carbocycles. The molecule has 0 bridgehead atoms. The molecule has 2 atom stereocenters. The number of carbonyl (C=O) groups is 2. The predicted octanol–water partition coefficient (Wildman–Crippen LogP) is 0.730. The molecule has 3 rings (SSSR count). The summed E-state index contributed by atoms with van der Waals surface area (Å²) in [4.78, 5) is 25.0. The summed E-state index contributed by atoms with van der Waals surface area (Å²) >= 11 is 0. The van der Waals surface area contributed by atoms with Crippen molar-refractivity contribution in [2.75, 3.05) is 11.9 Å². The maximum Gasteiger partial charge on any atom is 0.244 e. The Bertz CT molecular complexity index is 588. The maximum absolute atomic E-state index is 12.0. The zero-order chi connectivity index (χ0) is 15.0. The fraction of sp³-hybridized carbons (Fsp3) is 0.467. The Balaban J connectivity index is 1.86. The number of aliphatic hydroxyl groups excluding tert-OH is 1. The number of carbonyl (C=O) groups excluding carboxylic acids is 2. The second-order valence-corrected chi connectivity index (χ2v) is 5.42. The van der Waals surface area contributed by atoms with Gasteiger partial charge in [-0.2, -0.15) is 0 Å². The van der Waals surface area contributed by atoms with Crippen molar-refractivity contribution in [3.05, 3.63) is 29.3 Å². The van der Waals surface area contributed by atoms with Crippen LogP contribution in [0.25, 0.3) is 0 Å². The Morgan fingerprint density at radius 3 is 2.95 bits per heavy atom. The van der Waals surface area contributed by atoms with E-state index in [0.717, 1.165) is 23.4 Å². The second kappa shape index (κ2) is 5.46. The average molecular weight is 289 g/mol. The summed E-state index contributed by atoms with van der Waals surface area (Å²) in [7, 11) is 0. The van der Waals surface area contributed by atoms with Gasteiger partial charge in [0.25, 0.3) is 0 Å². The van der Waals surface area contributed by atoms with Crippen LogP contribution in [0.2, 0.25) is 0 Å². The summed E-state index contributed by atoms with van der Waals surface area (Å²) in [6.45, 7) is 3.32. The van der Waals surface area contributed by atoms with E-state index in [1.165, 1.54) is 0 Å². The smallest absolute Gasteiger partial charge is 0.244 e. The van der Waals surface area contributed by atoms with Crippen molar-refractivity contribution in [2.45, 2.75) is 38.6 Å². The van der Waals surface area contributed by atoms with Crippen LogP contribution in [0, 0.1) is 0 Å². The number of aliphatic hydroxyl groups is 1. The van der Waals surface area contributed by atoms with Crippen LogP contribution in [0.4, 0.5) is 5.69 Å². The van der Waals surface area contributed by atoms with Gasteiger partial charge in [0.05, 0.1) is 6.04 Å². The topological polar surface area (TPSA) is 81.7 Å². The molecule has 21 heavy (non-hydrogen) atoms. The minimum atomic E-state index is -0.803. The zero-order valence-electron chi connectivity index (χ0n) is 11.9. The summed E-state index contributed by atoms with van der Waals surface area (Å²) in [6, 6.07) is 5.30. The molecule has 1 aromatic rings. The molecule has 6 heteroatoms. The number of nitrogens with one attached hydrogen (secondary N) is 2. The van der Waals surface area contributed by atoms with E-state index in [9.17, 15) is 14.7 Å². The van der Waals surface area contributed by atoms with E-state index in [0.29, 0.717) is 19.4 Å². The quantitative estimate of drug-likeness (QED) is 0.715. The van der Waals surface area contributed by atoms with Gasteiger partial charge in [-0.25, -0.2) is 0 Å². The first kappa shape index (κ1) is 14.0. The SMILES string of the molecule is CCNc1cccc2c1CN(C1CCC(=O)NC1=O)C2O. The van der Waals surface area contributed by atoms with Crippen molar-refractivity contribution in [3.63, 3.8) is 0 Å². The van der Waals surface area contributed by atoms with Crippen molar-refractivity contribution in [2.24, 2.45) is 0 Å². The molecule has 2 heterocycles. The van der Waals surface area contributed by atoms with Crippen LogP contribution in [0.15, 0.2) is 18.2 Å².